The normalized spacial score (nSPS) is 16.3. The lowest BCUT2D eigenvalue weighted by Gasteiger charge is -2.29. The maximum atomic E-state index is 15.0. The summed E-state index contributed by atoms with van der Waals surface area (Å²) in [5.74, 6) is -0.514. The second-order valence-electron chi connectivity index (χ2n) is 10.6. The Balaban J connectivity index is 1.66. The third kappa shape index (κ3) is 4.66. The van der Waals surface area contributed by atoms with E-state index in [0.29, 0.717) is 60.0 Å². The van der Waals surface area contributed by atoms with Crippen LogP contribution in [-0.4, -0.2) is 59.1 Å². The van der Waals surface area contributed by atoms with Crippen molar-refractivity contribution in [3.63, 3.8) is 0 Å². The lowest BCUT2D eigenvalue weighted by molar-refractivity contribution is -0.124. The van der Waals surface area contributed by atoms with E-state index in [1.807, 2.05) is 21.0 Å². The van der Waals surface area contributed by atoms with E-state index in [9.17, 15) is 23.9 Å². The predicted octanol–water partition coefficient (Wildman–Crippen LogP) is 2.70. The van der Waals surface area contributed by atoms with E-state index < -0.39 is 12.2 Å². The van der Waals surface area contributed by atoms with Crippen LogP contribution in [-0.2, 0) is 33.7 Å². The van der Waals surface area contributed by atoms with Crippen LogP contribution in [0.25, 0.3) is 22.3 Å². The van der Waals surface area contributed by atoms with Crippen LogP contribution in [0.4, 0.5) is 4.39 Å². The van der Waals surface area contributed by atoms with Crippen LogP contribution >= 0.6 is 0 Å². The van der Waals surface area contributed by atoms with Crippen molar-refractivity contribution < 1.29 is 23.8 Å². The molecule has 2 N–H and O–H groups in total. The third-order valence-electron chi connectivity index (χ3n) is 7.68. The van der Waals surface area contributed by atoms with Gasteiger partial charge in [-0.3, -0.25) is 9.59 Å². The lowest BCUT2D eigenvalue weighted by Crippen LogP contribution is -2.35. The molecule has 0 fully saturated rings. The number of carbonyl (C=O) groups excluding carboxylic acids is 2. The zero-order valence-electron chi connectivity index (χ0n) is 22.6. The van der Waals surface area contributed by atoms with Crippen molar-refractivity contribution in [2.45, 2.75) is 58.3 Å². The second kappa shape index (κ2) is 10.6. The van der Waals surface area contributed by atoms with Gasteiger partial charge in [-0.25, -0.2) is 9.37 Å². The van der Waals surface area contributed by atoms with Gasteiger partial charge in [0.15, 0.2) is 6.29 Å². The van der Waals surface area contributed by atoms with Crippen molar-refractivity contribution in [3.05, 3.63) is 61.7 Å². The molecule has 2 aromatic heterocycles. The Morgan fingerprint density at radius 2 is 2.13 bits per heavy atom. The number of hydrogen-bond donors (Lipinski definition) is 2. The first-order valence-electron chi connectivity index (χ1n) is 13.2. The topological polar surface area (TPSA) is 114 Å². The van der Waals surface area contributed by atoms with Crippen molar-refractivity contribution in [1.29, 1.82) is 0 Å². The van der Waals surface area contributed by atoms with E-state index in [2.05, 4.69) is 5.32 Å². The molecule has 3 aromatic rings. The number of pyridine rings is 2. The molecule has 206 valence electrons. The van der Waals surface area contributed by atoms with Crippen molar-refractivity contribution >= 4 is 23.1 Å². The molecule has 1 aromatic carbocycles. The number of aryl methyl sites for hydroxylation is 1. The number of amides is 1. The number of rotatable bonds is 9. The first-order valence-corrected chi connectivity index (χ1v) is 13.2. The van der Waals surface area contributed by atoms with Gasteiger partial charge in [-0.05, 0) is 68.6 Å². The number of carbonyl (C=O) groups is 2. The van der Waals surface area contributed by atoms with Crippen LogP contribution in [0, 0.1) is 12.7 Å². The molecular weight excluding hydrogens is 503 g/mol. The molecule has 2 aliphatic rings. The first kappa shape index (κ1) is 27.1. The summed E-state index contributed by atoms with van der Waals surface area (Å²) in [7, 11) is 3.62. The monoisotopic (exact) mass is 536 g/mol. The van der Waals surface area contributed by atoms with Crippen LogP contribution in [0.2, 0.25) is 0 Å². The Hall–Kier alpha value is -3.47. The number of fused-ring (bicyclic) bond motifs is 4. The molecule has 2 atom stereocenters. The lowest BCUT2D eigenvalue weighted by atomic mass is 9.83. The van der Waals surface area contributed by atoms with Gasteiger partial charge in [0.2, 0.25) is 5.91 Å². The largest absolute Gasteiger partial charge is 0.381 e. The number of aldehydes is 1. The van der Waals surface area contributed by atoms with E-state index in [4.69, 9.17) is 9.72 Å². The summed E-state index contributed by atoms with van der Waals surface area (Å²) in [4.78, 5) is 43.9. The number of hydrogen-bond acceptors (Lipinski definition) is 7. The Morgan fingerprint density at radius 3 is 2.82 bits per heavy atom. The highest BCUT2D eigenvalue weighted by molar-refractivity contribution is 5.92. The average molecular weight is 537 g/mol. The van der Waals surface area contributed by atoms with E-state index in [0.717, 1.165) is 22.1 Å². The van der Waals surface area contributed by atoms with Gasteiger partial charge >= 0.3 is 0 Å². The summed E-state index contributed by atoms with van der Waals surface area (Å²) in [5, 5.41) is 14.0. The van der Waals surface area contributed by atoms with Gasteiger partial charge in [-0.2, -0.15) is 0 Å². The van der Waals surface area contributed by atoms with Gasteiger partial charge in [0.05, 0.1) is 36.1 Å². The molecule has 1 amide bonds. The standard InChI is InChI=1S/C29H33FN4O5/c1-5-6-17-18(23(36)13-35)9-22-28-19(11-34(22)29(17)38)27-24(39-14-31-25(37)12-33(3)4)8-7-16-15(2)20(30)10-21(32-28)26(16)27/h9-10,13,23-24,36H,5-8,11-12,14H2,1-4H3,(H,31,37). The molecule has 5 rings (SSSR count). The number of aromatic nitrogens is 2. The highest BCUT2D eigenvalue weighted by Crippen LogP contribution is 2.46. The van der Waals surface area contributed by atoms with Crippen molar-refractivity contribution in [3.8, 4) is 11.4 Å². The number of nitrogens with zero attached hydrogens (tertiary/aromatic N) is 3. The molecule has 10 heteroatoms. The number of benzene rings is 1. The molecule has 9 nitrogen and oxygen atoms in total. The van der Waals surface area contributed by atoms with Gasteiger partial charge in [-0.1, -0.05) is 13.3 Å². The second-order valence-corrected chi connectivity index (χ2v) is 10.6. The molecule has 0 saturated carbocycles. The van der Waals surface area contributed by atoms with Crippen LogP contribution in [0.5, 0.6) is 0 Å². The third-order valence-corrected chi connectivity index (χ3v) is 7.68. The maximum Gasteiger partial charge on any atom is 0.254 e. The number of nitrogens with one attached hydrogen (secondary N) is 1. The summed E-state index contributed by atoms with van der Waals surface area (Å²) < 4.78 is 22.8. The number of aliphatic hydroxyl groups is 1. The SMILES string of the molecule is CCCc1c(C(O)C=O)cc2n(c1=O)Cc1c-2nc2cc(F)c(C)c3c2c1C(OCNC(=O)CN(C)C)CC3. The minimum Gasteiger partial charge on any atom is -0.381 e. The molecule has 0 saturated heterocycles. The van der Waals surface area contributed by atoms with E-state index in [1.165, 1.54) is 6.07 Å². The molecule has 39 heavy (non-hydrogen) atoms. The molecule has 0 radical (unpaired) electrons. The Morgan fingerprint density at radius 1 is 1.36 bits per heavy atom. The fraction of sp³-hybridized carbons (Fsp3) is 0.448. The number of halogens is 1. The fourth-order valence-corrected chi connectivity index (χ4v) is 5.89. The summed E-state index contributed by atoms with van der Waals surface area (Å²) in [6, 6.07) is 3.07. The smallest absolute Gasteiger partial charge is 0.254 e. The van der Waals surface area contributed by atoms with E-state index in [1.54, 1.807) is 22.5 Å². The Bertz CT molecular complexity index is 1550. The summed E-state index contributed by atoms with van der Waals surface area (Å²) >= 11 is 0. The summed E-state index contributed by atoms with van der Waals surface area (Å²) in [6.07, 6.45) is 0.844. The predicted molar refractivity (Wildman–Crippen MR) is 144 cm³/mol. The molecular formula is C29H33FN4O5. The van der Waals surface area contributed by atoms with Gasteiger partial charge in [0.25, 0.3) is 5.56 Å². The van der Waals surface area contributed by atoms with E-state index >= 15 is 0 Å². The van der Waals surface area contributed by atoms with Crippen molar-refractivity contribution in [2.24, 2.45) is 0 Å². The van der Waals surface area contributed by atoms with Crippen LogP contribution < -0.4 is 10.9 Å². The first-order chi connectivity index (χ1) is 18.7. The van der Waals surface area contributed by atoms with Gasteiger partial charge in [-0.15, -0.1) is 0 Å². The number of aliphatic hydroxyl groups excluding tert-OH is 1. The summed E-state index contributed by atoms with van der Waals surface area (Å²) in [6.45, 7) is 4.18. The molecule has 1 aliphatic heterocycles. The average Bonchev–Trinajstić information content (AvgIpc) is 3.26. The fourth-order valence-electron chi connectivity index (χ4n) is 5.89. The zero-order valence-corrected chi connectivity index (χ0v) is 22.6. The molecule has 2 unspecified atom stereocenters. The molecule has 0 bridgehead atoms. The quantitative estimate of drug-likeness (QED) is 0.250. The molecule has 0 spiro atoms. The van der Waals surface area contributed by atoms with Gasteiger partial charge in [0, 0.05) is 22.6 Å². The number of likely N-dealkylation sites (N-methyl/N-ethyl adjacent to an activating group) is 1. The van der Waals surface area contributed by atoms with Gasteiger partial charge in [0.1, 0.15) is 18.7 Å². The Kier molecular flexibility index (Phi) is 7.37. The van der Waals surface area contributed by atoms with Crippen molar-refractivity contribution in [2.75, 3.05) is 27.4 Å². The zero-order chi connectivity index (χ0) is 28.0. The van der Waals surface area contributed by atoms with Crippen LogP contribution in [0.1, 0.15) is 65.4 Å². The van der Waals surface area contributed by atoms with Crippen LogP contribution in [0.15, 0.2) is 16.9 Å². The van der Waals surface area contributed by atoms with Crippen LogP contribution in [0.3, 0.4) is 0 Å². The molecule has 3 heterocycles. The molecule has 1 aliphatic carbocycles. The summed E-state index contributed by atoms with van der Waals surface area (Å²) in [5.41, 5.74) is 4.96. The maximum absolute atomic E-state index is 15.0. The highest BCUT2D eigenvalue weighted by Gasteiger charge is 2.35. The highest BCUT2D eigenvalue weighted by atomic mass is 19.1. The van der Waals surface area contributed by atoms with Gasteiger partial charge < -0.3 is 29.4 Å². The van der Waals surface area contributed by atoms with Crippen molar-refractivity contribution in [1.82, 2.24) is 19.8 Å². The minimum atomic E-state index is -1.43. The Labute approximate surface area is 225 Å². The minimum absolute atomic E-state index is 0.00859. The van der Waals surface area contributed by atoms with E-state index in [-0.39, 0.29) is 42.7 Å². The number of ether oxygens (including phenoxy) is 1.